The molecule has 4 heteroatoms. The number of nitrogens with zero attached hydrogens (tertiary/aromatic N) is 1. The Labute approximate surface area is 120 Å². The summed E-state index contributed by atoms with van der Waals surface area (Å²) in [4.78, 5) is 14.0. The summed E-state index contributed by atoms with van der Waals surface area (Å²) in [5.41, 5.74) is 10.3. The minimum atomic E-state index is 0.105. The number of carbonyl (C=O) groups excluding carboxylic acids is 1. The second-order valence-corrected chi connectivity index (χ2v) is 6.17. The fraction of sp³-hybridized carbons (Fsp3) is 0.562. The van der Waals surface area contributed by atoms with Crippen LogP contribution in [0.5, 0.6) is 0 Å². The van der Waals surface area contributed by atoms with E-state index in [2.05, 4.69) is 30.1 Å². The Morgan fingerprint density at radius 2 is 2.10 bits per heavy atom. The van der Waals surface area contributed by atoms with Crippen molar-refractivity contribution in [1.82, 2.24) is 0 Å². The molecule has 108 valence electrons. The SMILES string of the molecule is CC1CCCN(c2cc3c(cc2N)CCC(=O)N3)C1C. The minimum Gasteiger partial charge on any atom is -0.397 e. The molecule has 0 saturated carbocycles. The monoisotopic (exact) mass is 273 g/mol. The zero-order valence-electron chi connectivity index (χ0n) is 12.3. The van der Waals surface area contributed by atoms with Crippen LogP contribution in [0.3, 0.4) is 0 Å². The molecule has 2 aliphatic rings. The molecule has 1 aromatic rings. The van der Waals surface area contributed by atoms with Crippen LogP contribution in [0.4, 0.5) is 17.1 Å². The van der Waals surface area contributed by atoms with Gasteiger partial charge in [0.2, 0.25) is 5.91 Å². The lowest BCUT2D eigenvalue weighted by Crippen LogP contribution is -2.42. The van der Waals surface area contributed by atoms with Crippen molar-refractivity contribution in [3.8, 4) is 0 Å². The molecule has 3 N–H and O–H groups in total. The van der Waals surface area contributed by atoms with Crippen LogP contribution in [0.25, 0.3) is 0 Å². The molecule has 0 spiro atoms. The molecule has 1 aromatic carbocycles. The quantitative estimate of drug-likeness (QED) is 0.774. The molecule has 20 heavy (non-hydrogen) atoms. The fourth-order valence-corrected chi connectivity index (χ4v) is 3.36. The van der Waals surface area contributed by atoms with Gasteiger partial charge in [-0.3, -0.25) is 4.79 Å². The highest BCUT2D eigenvalue weighted by Gasteiger charge is 2.27. The van der Waals surface area contributed by atoms with E-state index in [0.29, 0.717) is 18.4 Å². The van der Waals surface area contributed by atoms with Crippen LogP contribution < -0.4 is 16.0 Å². The predicted octanol–water partition coefficient (Wildman–Crippen LogP) is 2.78. The number of fused-ring (bicyclic) bond motifs is 1. The van der Waals surface area contributed by atoms with Gasteiger partial charge in [-0.15, -0.1) is 0 Å². The van der Waals surface area contributed by atoms with Gasteiger partial charge in [0.25, 0.3) is 0 Å². The Morgan fingerprint density at radius 3 is 2.90 bits per heavy atom. The second-order valence-electron chi connectivity index (χ2n) is 6.17. The number of aryl methyl sites for hydroxylation is 1. The van der Waals surface area contributed by atoms with Crippen LogP contribution in [0, 0.1) is 5.92 Å². The first-order chi connectivity index (χ1) is 9.56. The highest BCUT2D eigenvalue weighted by molar-refractivity contribution is 5.95. The summed E-state index contributed by atoms with van der Waals surface area (Å²) in [5, 5.41) is 2.97. The van der Waals surface area contributed by atoms with Gasteiger partial charge in [-0.05, 0) is 49.8 Å². The number of piperidine rings is 1. The highest BCUT2D eigenvalue weighted by Crippen LogP contribution is 2.37. The number of nitrogens with one attached hydrogen (secondary N) is 1. The van der Waals surface area contributed by atoms with Crippen molar-refractivity contribution in [3.05, 3.63) is 17.7 Å². The third-order valence-electron chi connectivity index (χ3n) is 4.83. The van der Waals surface area contributed by atoms with E-state index in [4.69, 9.17) is 5.73 Å². The van der Waals surface area contributed by atoms with Crippen molar-refractivity contribution < 1.29 is 4.79 Å². The third-order valence-corrected chi connectivity index (χ3v) is 4.83. The standard InChI is InChI=1S/C16H23N3O/c1-10-4-3-7-19(11(10)2)15-9-14-12(8-13(15)17)5-6-16(20)18-14/h8-11H,3-7,17H2,1-2H3,(H,18,20). The molecule has 2 unspecified atom stereocenters. The maximum Gasteiger partial charge on any atom is 0.224 e. The summed E-state index contributed by atoms with van der Waals surface area (Å²) in [6, 6.07) is 4.59. The number of amides is 1. The van der Waals surface area contributed by atoms with E-state index >= 15 is 0 Å². The molecule has 2 atom stereocenters. The second kappa shape index (κ2) is 5.00. The van der Waals surface area contributed by atoms with E-state index < -0.39 is 0 Å². The van der Waals surface area contributed by atoms with Gasteiger partial charge in [-0.25, -0.2) is 0 Å². The van der Waals surface area contributed by atoms with E-state index in [1.165, 1.54) is 12.8 Å². The molecule has 0 bridgehead atoms. The summed E-state index contributed by atoms with van der Waals surface area (Å²) >= 11 is 0. The summed E-state index contributed by atoms with van der Waals surface area (Å²) < 4.78 is 0. The molecule has 0 aliphatic carbocycles. The molecule has 1 saturated heterocycles. The van der Waals surface area contributed by atoms with Crippen molar-refractivity contribution in [2.75, 3.05) is 22.5 Å². The summed E-state index contributed by atoms with van der Waals surface area (Å²) in [6.45, 7) is 5.61. The lowest BCUT2D eigenvalue weighted by atomic mass is 9.91. The van der Waals surface area contributed by atoms with Gasteiger partial charge < -0.3 is 16.0 Å². The fourth-order valence-electron chi connectivity index (χ4n) is 3.36. The summed E-state index contributed by atoms with van der Waals surface area (Å²) in [7, 11) is 0. The molecule has 4 nitrogen and oxygen atoms in total. The molecule has 0 radical (unpaired) electrons. The average molecular weight is 273 g/mol. The molecule has 2 heterocycles. The van der Waals surface area contributed by atoms with Gasteiger partial charge in [-0.1, -0.05) is 6.92 Å². The van der Waals surface area contributed by atoms with E-state index in [-0.39, 0.29) is 5.91 Å². The Hall–Kier alpha value is -1.71. The maximum absolute atomic E-state index is 11.6. The first kappa shape index (κ1) is 13.3. The molecule has 3 rings (SSSR count). The summed E-state index contributed by atoms with van der Waals surface area (Å²) in [5.74, 6) is 0.780. The molecular weight excluding hydrogens is 250 g/mol. The van der Waals surface area contributed by atoms with Gasteiger partial charge in [0, 0.05) is 24.7 Å². The van der Waals surface area contributed by atoms with Crippen LogP contribution in [-0.2, 0) is 11.2 Å². The van der Waals surface area contributed by atoms with Crippen LogP contribution in [0.15, 0.2) is 12.1 Å². The lowest BCUT2D eigenvalue weighted by Gasteiger charge is -2.40. The number of anilines is 3. The minimum absolute atomic E-state index is 0.105. The zero-order valence-corrected chi connectivity index (χ0v) is 12.3. The average Bonchev–Trinajstić information content (AvgIpc) is 2.42. The molecule has 1 fully saturated rings. The number of nitrogens with two attached hydrogens (primary N) is 1. The van der Waals surface area contributed by atoms with Gasteiger partial charge in [-0.2, -0.15) is 0 Å². The Bertz CT molecular complexity index is 541. The molecule has 0 aromatic heterocycles. The first-order valence-corrected chi connectivity index (χ1v) is 7.55. The number of rotatable bonds is 1. The van der Waals surface area contributed by atoms with Gasteiger partial charge in [0.15, 0.2) is 0 Å². The van der Waals surface area contributed by atoms with E-state index in [0.717, 1.165) is 35.6 Å². The van der Waals surface area contributed by atoms with E-state index in [1.54, 1.807) is 0 Å². The van der Waals surface area contributed by atoms with Crippen molar-refractivity contribution in [2.24, 2.45) is 5.92 Å². The maximum atomic E-state index is 11.6. The van der Waals surface area contributed by atoms with Gasteiger partial charge >= 0.3 is 0 Å². The van der Waals surface area contributed by atoms with Crippen LogP contribution in [0.2, 0.25) is 0 Å². The number of hydrogen-bond acceptors (Lipinski definition) is 3. The van der Waals surface area contributed by atoms with Crippen LogP contribution >= 0.6 is 0 Å². The normalized spacial score (nSPS) is 26.1. The number of hydrogen-bond donors (Lipinski definition) is 2. The topological polar surface area (TPSA) is 58.4 Å². The Morgan fingerprint density at radius 1 is 1.30 bits per heavy atom. The van der Waals surface area contributed by atoms with Crippen molar-refractivity contribution >= 4 is 23.0 Å². The van der Waals surface area contributed by atoms with Crippen LogP contribution in [-0.4, -0.2) is 18.5 Å². The zero-order chi connectivity index (χ0) is 14.3. The Kier molecular flexibility index (Phi) is 3.32. The van der Waals surface area contributed by atoms with Crippen LogP contribution in [0.1, 0.15) is 38.7 Å². The van der Waals surface area contributed by atoms with Crippen molar-refractivity contribution in [2.45, 2.75) is 45.6 Å². The number of benzene rings is 1. The first-order valence-electron chi connectivity index (χ1n) is 7.55. The number of carbonyl (C=O) groups is 1. The van der Waals surface area contributed by atoms with Crippen molar-refractivity contribution in [1.29, 1.82) is 0 Å². The smallest absolute Gasteiger partial charge is 0.224 e. The van der Waals surface area contributed by atoms with Crippen molar-refractivity contribution in [3.63, 3.8) is 0 Å². The van der Waals surface area contributed by atoms with E-state index in [9.17, 15) is 4.79 Å². The Balaban J connectivity index is 1.97. The van der Waals surface area contributed by atoms with E-state index in [1.807, 2.05) is 6.07 Å². The largest absolute Gasteiger partial charge is 0.397 e. The molecular formula is C16H23N3O. The predicted molar refractivity (Wildman–Crippen MR) is 83.0 cm³/mol. The van der Waals surface area contributed by atoms with Gasteiger partial charge in [0.05, 0.1) is 11.4 Å². The molecule has 1 amide bonds. The third kappa shape index (κ3) is 2.23. The summed E-state index contributed by atoms with van der Waals surface area (Å²) in [6.07, 6.45) is 3.83. The number of nitrogen functional groups attached to an aromatic ring is 1. The lowest BCUT2D eigenvalue weighted by molar-refractivity contribution is -0.116. The van der Waals surface area contributed by atoms with Gasteiger partial charge in [0.1, 0.15) is 0 Å². The highest BCUT2D eigenvalue weighted by atomic mass is 16.1. The molecule has 2 aliphatic heterocycles.